The highest BCUT2D eigenvalue weighted by atomic mass is 16.5. The van der Waals surface area contributed by atoms with Crippen molar-refractivity contribution in [3.05, 3.63) is 60.2 Å². The van der Waals surface area contributed by atoms with Gasteiger partial charge in [0.15, 0.2) is 0 Å². The van der Waals surface area contributed by atoms with Crippen molar-refractivity contribution < 1.29 is 9.47 Å². The summed E-state index contributed by atoms with van der Waals surface area (Å²) in [6.07, 6.45) is 0. The second-order valence-electron chi connectivity index (χ2n) is 6.14. The van der Waals surface area contributed by atoms with Crippen LogP contribution in [0.2, 0.25) is 0 Å². The molecule has 0 bridgehead atoms. The lowest BCUT2D eigenvalue weighted by Gasteiger charge is -2.23. The number of para-hydroxylation sites is 1. The topological polar surface area (TPSA) is 24.9 Å². The smallest absolute Gasteiger partial charge is 0.119 e. The second-order valence-corrected chi connectivity index (χ2v) is 6.14. The third-order valence-electron chi connectivity index (χ3n) is 4.22. The number of methoxy groups -OCH3 is 1. The van der Waals surface area contributed by atoms with Gasteiger partial charge in [0.2, 0.25) is 0 Å². The van der Waals surface area contributed by atoms with Gasteiger partial charge in [0.05, 0.1) is 6.61 Å². The molecule has 2 aromatic rings. The first-order valence-corrected chi connectivity index (χ1v) is 8.92. The van der Waals surface area contributed by atoms with E-state index in [0.717, 1.165) is 38.5 Å². The zero-order chi connectivity index (χ0) is 17.9. The summed E-state index contributed by atoms with van der Waals surface area (Å²) >= 11 is 0. The van der Waals surface area contributed by atoms with Crippen LogP contribution >= 0.6 is 0 Å². The van der Waals surface area contributed by atoms with Crippen molar-refractivity contribution in [3.8, 4) is 5.75 Å². The van der Waals surface area contributed by atoms with Gasteiger partial charge >= 0.3 is 0 Å². The summed E-state index contributed by atoms with van der Waals surface area (Å²) in [5.74, 6) is 0.923. The van der Waals surface area contributed by atoms with Gasteiger partial charge in [0.1, 0.15) is 12.4 Å². The molecule has 136 valence electrons. The summed E-state index contributed by atoms with van der Waals surface area (Å²) in [6.45, 7) is 7.32. The number of ether oxygens (including phenoxy) is 2. The van der Waals surface area contributed by atoms with Gasteiger partial charge in [-0.05, 0) is 43.8 Å². The van der Waals surface area contributed by atoms with Crippen molar-refractivity contribution >= 4 is 5.69 Å². The largest absolute Gasteiger partial charge is 0.492 e. The lowest BCUT2D eigenvalue weighted by atomic mass is 10.2. The van der Waals surface area contributed by atoms with Crippen LogP contribution in [0, 0.1) is 0 Å². The molecule has 2 aromatic carbocycles. The highest BCUT2D eigenvalue weighted by molar-refractivity contribution is 5.46. The summed E-state index contributed by atoms with van der Waals surface area (Å²) in [5.41, 5.74) is 2.54. The van der Waals surface area contributed by atoms with E-state index >= 15 is 0 Å². The number of nitrogens with zero attached hydrogens (tertiary/aromatic N) is 2. The first-order chi connectivity index (χ1) is 12.2. The summed E-state index contributed by atoms with van der Waals surface area (Å²) < 4.78 is 10.9. The van der Waals surface area contributed by atoms with Gasteiger partial charge in [0, 0.05) is 39.0 Å². The van der Waals surface area contributed by atoms with Gasteiger partial charge in [-0.2, -0.15) is 0 Å². The molecule has 0 aliphatic carbocycles. The van der Waals surface area contributed by atoms with E-state index in [9.17, 15) is 0 Å². The Balaban J connectivity index is 1.81. The highest BCUT2D eigenvalue weighted by Gasteiger charge is 2.05. The lowest BCUT2D eigenvalue weighted by Crippen LogP contribution is -2.27. The fourth-order valence-corrected chi connectivity index (χ4v) is 2.61. The Morgan fingerprint density at radius 1 is 0.880 bits per heavy atom. The van der Waals surface area contributed by atoms with Crippen LogP contribution in [0.1, 0.15) is 12.5 Å². The first kappa shape index (κ1) is 19.3. The molecule has 0 N–H and O–H groups in total. The fraction of sp³-hybridized carbons (Fsp3) is 0.429. The molecule has 0 aliphatic rings. The number of hydrogen-bond donors (Lipinski definition) is 0. The van der Waals surface area contributed by atoms with Crippen molar-refractivity contribution in [3.63, 3.8) is 0 Å². The van der Waals surface area contributed by atoms with Gasteiger partial charge in [-0.25, -0.2) is 0 Å². The Morgan fingerprint density at radius 2 is 1.56 bits per heavy atom. The molecule has 0 fully saturated rings. The molecule has 0 radical (unpaired) electrons. The standard InChI is InChI=1S/C21H30N2O2/c1-4-23(20-8-6-5-7-9-20)18-19-10-12-21(13-11-19)25-17-15-22(2)14-16-24-3/h5-13H,4,14-18H2,1-3H3. The van der Waals surface area contributed by atoms with Crippen molar-refractivity contribution in [2.24, 2.45) is 0 Å². The van der Waals surface area contributed by atoms with Crippen LogP contribution in [0.4, 0.5) is 5.69 Å². The molecule has 0 saturated carbocycles. The molecule has 4 nitrogen and oxygen atoms in total. The molecular formula is C21H30N2O2. The lowest BCUT2D eigenvalue weighted by molar-refractivity contribution is 0.150. The monoisotopic (exact) mass is 342 g/mol. The average molecular weight is 342 g/mol. The fourth-order valence-electron chi connectivity index (χ4n) is 2.61. The van der Waals surface area contributed by atoms with Gasteiger partial charge in [0.25, 0.3) is 0 Å². The van der Waals surface area contributed by atoms with Crippen molar-refractivity contribution in [2.45, 2.75) is 13.5 Å². The van der Waals surface area contributed by atoms with Crippen molar-refractivity contribution in [1.82, 2.24) is 4.90 Å². The first-order valence-electron chi connectivity index (χ1n) is 8.92. The molecule has 2 rings (SSSR count). The van der Waals surface area contributed by atoms with Gasteiger partial charge < -0.3 is 19.3 Å². The minimum absolute atomic E-state index is 0.685. The predicted molar refractivity (Wildman–Crippen MR) is 104 cm³/mol. The van der Waals surface area contributed by atoms with Gasteiger partial charge in [-0.1, -0.05) is 30.3 Å². The number of anilines is 1. The number of hydrogen-bond acceptors (Lipinski definition) is 4. The zero-order valence-corrected chi connectivity index (χ0v) is 15.6. The van der Waals surface area contributed by atoms with Gasteiger partial charge in [-0.3, -0.25) is 0 Å². The van der Waals surface area contributed by atoms with E-state index in [0.29, 0.717) is 6.61 Å². The number of rotatable bonds is 11. The van der Waals surface area contributed by atoms with E-state index in [1.165, 1.54) is 11.3 Å². The quantitative estimate of drug-likeness (QED) is 0.622. The summed E-state index contributed by atoms with van der Waals surface area (Å²) in [4.78, 5) is 4.57. The molecule has 0 saturated heterocycles. The third kappa shape index (κ3) is 6.77. The SMILES string of the molecule is CCN(Cc1ccc(OCCN(C)CCOC)cc1)c1ccccc1. The van der Waals surface area contributed by atoms with Crippen molar-refractivity contribution in [2.75, 3.05) is 51.9 Å². The van der Waals surface area contributed by atoms with Crippen LogP contribution in [0.15, 0.2) is 54.6 Å². The Kier molecular flexibility index (Phi) is 8.29. The molecule has 0 heterocycles. The molecule has 0 amide bonds. The molecule has 0 aromatic heterocycles. The van der Waals surface area contributed by atoms with E-state index in [1.54, 1.807) is 7.11 Å². The predicted octanol–water partition coefficient (Wildman–Crippen LogP) is 3.67. The van der Waals surface area contributed by atoms with Crippen LogP contribution in [-0.2, 0) is 11.3 Å². The van der Waals surface area contributed by atoms with Crippen LogP contribution < -0.4 is 9.64 Å². The van der Waals surface area contributed by atoms with Crippen LogP contribution in [-0.4, -0.2) is 51.9 Å². The molecular weight excluding hydrogens is 312 g/mol. The molecule has 0 aliphatic heterocycles. The second kappa shape index (κ2) is 10.7. The Hall–Kier alpha value is -2.04. The maximum absolute atomic E-state index is 5.83. The van der Waals surface area contributed by atoms with Crippen LogP contribution in [0.5, 0.6) is 5.75 Å². The Bertz CT molecular complexity index is 587. The van der Waals surface area contributed by atoms with E-state index in [1.807, 2.05) is 0 Å². The summed E-state index contributed by atoms with van der Waals surface area (Å²) in [7, 11) is 3.80. The average Bonchev–Trinajstić information content (AvgIpc) is 2.66. The van der Waals surface area contributed by atoms with E-state index in [4.69, 9.17) is 9.47 Å². The summed E-state index contributed by atoms with van der Waals surface area (Å²) in [5, 5.41) is 0. The van der Waals surface area contributed by atoms with E-state index in [2.05, 4.69) is 78.4 Å². The normalized spacial score (nSPS) is 10.9. The maximum atomic E-state index is 5.83. The summed E-state index contributed by atoms with van der Waals surface area (Å²) in [6, 6.07) is 18.9. The minimum Gasteiger partial charge on any atom is -0.492 e. The zero-order valence-electron chi connectivity index (χ0n) is 15.6. The highest BCUT2D eigenvalue weighted by Crippen LogP contribution is 2.18. The number of benzene rings is 2. The minimum atomic E-state index is 0.685. The van der Waals surface area contributed by atoms with Crippen LogP contribution in [0.25, 0.3) is 0 Å². The third-order valence-corrected chi connectivity index (χ3v) is 4.22. The molecule has 0 spiro atoms. The molecule has 25 heavy (non-hydrogen) atoms. The Morgan fingerprint density at radius 3 is 2.20 bits per heavy atom. The number of likely N-dealkylation sites (N-methyl/N-ethyl adjacent to an activating group) is 1. The molecule has 0 unspecified atom stereocenters. The Labute approximate surface area is 152 Å². The van der Waals surface area contributed by atoms with E-state index in [-0.39, 0.29) is 0 Å². The maximum Gasteiger partial charge on any atom is 0.119 e. The molecule has 4 heteroatoms. The van der Waals surface area contributed by atoms with E-state index < -0.39 is 0 Å². The van der Waals surface area contributed by atoms with Crippen molar-refractivity contribution in [1.29, 1.82) is 0 Å². The van der Waals surface area contributed by atoms with Crippen LogP contribution in [0.3, 0.4) is 0 Å². The van der Waals surface area contributed by atoms with Gasteiger partial charge in [-0.15, -0.1) is 0 Å². The molecule has 0 atom stereocenters.